The summed E-state index contributed by atoms with van der Waals surface area (Å²) in [5, 5.41) is 0. The zero-order valence-corrected chi connectivity index (χ0v) is 11.8. The molecule has 2 nitrogen and oxygen atoms in total. The largest absolute Gasteiger partial charge is 0.521 e. The summed E-state index contributed by atoms with van der Waals surface area (Å²) < 4.78 is 7.81. The van der Waals surface area contributed by atoms with Crippen LogP contribution in [0.15, 0.2) is 0 Å². The standard InChI is InChI=1S/C15H25NO/c1-7-15(16(5)6)17-14-10-12(4)8-9-13(14)11(2)3/h11-14H,8-10H2,2-6H3/t12-,13+,14-/m1/s1. The molecule has 3 atom stereocenters. The van der Waals surface area contributed by atoms with E-state index in [0.29, 0.717) is 17.7 Å². The summed E-state index contributed by atoms with van der Waals surface area (Å²) in [6.45, 7) is 6.82. The van der Waals surface area contributed by atoms with Crippen LogP contribution in [0.2, 0.25) is 0 Å². The number of ether oxygens (including phenoxy) is 1. The fourth-order valence-corrected chi connectivity index (χ4v) is 2.64. The van der Waals surface area contributed by atoms with Gasteiger partial charge in [0.2, 0.25) is 0 Å². The molecule has 0 heterocycles. The van der Waals surface area contributed by atoms with Crippen molar-refractivity contribution in [2.45, 2.75) is 46.1 Å². The van der Waals surface area contributed by atoms with E-state index in [4.69, 9.17) is 11.2 Å². The minimum Gasteiger partial charge on any atom is -0.521 e. The molecule has 1 fully saturated rings. The fraction of sp³-hybridized carbons (Fsp3) is 0.800. The topological polar surface area (TPSA) is 12.2 Å². The predicted molar refractivity (Wildman–Crippen MR) is 70.5 cm³/mol. The summed E-state index contributed by atoms with van der Waals surface area (Å²) in [7, 11) is 3.79. The minimum absolute atomic E-state index is 0.244. The molecule has 0 saturated heterocycles. The van der Waals surface area contributed by atoms with E-state index in [9.17, 15) is 0 Å². The van der Waals surface area contributed by atoms with Crippen LogP contribution in [-0.4, -0.2) is 30.7 Å². The maximum Gasteiger partial charge on any atom is 0.260 e. The Kier molecular flexibility index (Phi) is 5.05. The van der Waals surface area contributed by atoms with Crippen molar-refractivity contribution in [2.24, 2.45) is 17.8 Å². The minimum atomic E-state index is 0.244. The Morgan fingerprint density at radius 3 is 2.47 bits per heavy atom. The fourth-order valence-electron chi connectivity index (χ4n) is 2.64. The Balaban J connectivity index is 2.77. The summed E-state index contributed by atoms with van der Waals surface area (Å²) in [5.74, 6) is 4.92. The number of nitrogens with zero attached hydrogens (tertiary/aromatic N) is 1. The summed E-state index contributed by atoms with van der Waals surface area (Å²) in [5.41, 5.74) is 0. The van der Waals surface area contributed by atoms with E-state index in [0.717, 1.165) is 12.3 Å². The summed E-state index contributed by atoms with van der Waals surface area (Å²) >= 11 is 0. The molecule has 1 rings (SSSR count). The normalized spacial score (nSPS) is 28.6. The molecule has 2 heteroatoms. The van der Waals surface area contributed by atoms with Gasteiger partial charge in [-0.1, -0.05) is 27.2 Å². The molecule has 96 valence electrons. The third-order valence-corrected chi connectivity index (χ3v) is 3.74. The lowest BCUT2D eigenvalue weighted by atomic mass is 9.75. The maximum atomic E-state index is 7.28. The first-order valence-corrected chi connectivity index (χ1v) is 6.59. The van der Waals surface area contributed by atoms with Gasteiger partial charge in [-0.2, -0.15) is 5.92 Å². The van der Waals surface area contributed by atoms with Gasteiger partial charge in [-0.3, -0.25) is 4.58 Å². The number of hydrogen-bond donors (Lipinski definition) is 0. The van der Waals surface area contributed by atoms with Gasteiger partial charge in [-0.15, -0.1) is 0 Å². The first-order valence-electron chi connectivity index (χ1n) is 6.59. The van der Waals surface area contributed by atoms with Gasteiger partial charge >= 0.3 is 0 Å². The lowest BCUT2D eigenvalue weighted by Gasteiger charge is -2.38. The van der Waals surface area contributed by atoms with Crippen LogP contribution < -0.4 is 0 Å². The second-order valence-corrected chi connectivity index (χ2v) is 5.81. The van der Waals surface area contributed by atoms with Crippen molar-refractivity contribution in [1.29, 1.82) is 0 Å². The summed E-state index contributed by atoms with van der Waals surface area (Å²) in [4.78, 5) is 0. The molecule has 1 aliphatic carbocycles. The Bertz CT molecular complexity index is 320. The van der Waals surface area contributed by atoms with Crippen LogP contribution in [0.4, 0.5) is 0 Å². The quantitative estimate of drug-likeness (QED) is 0.236. The molecule has 1 aliphatic rings. The van der Waals surface area contributed by atoms with Gasteiger partial charge in [0.25, 0.3) is 5.90 Å². The van der Waals surface area contributed by atoms with E-state index in [-0.39, 0.29) is 6.10 Å². The molecule has 1 saturated carbocycles. The summed E-state index contributed by atoms with van der Waals surface area (Å²) in [6, 6.07) is 0. The van der Waals surface area contributed by atoms with Gasteiger partial charge in [-0.05, 0) is 30.6 Å². The third kappa shape index (κ3) is 3.77. The second-order valence-electron chi connectivity index (χ2n) is 5.81. The molecular formula is C15H25NO. The Morgan fingerprint density at radius 2 is 2.00 bits per heavy atom. The molecule has 17 heavy (non-hydrogen) atoms. The smallest absolute Gasteiger partial charge is 0.260 e. The monoisotopic (exact) mass is 235 g/mol. The van der Waals surface area contributed by atoms with Crippen LogP contribution in [0, 0.1) is 30.1 Å². The average molecular weight is 235 g/mol. The highest BCUT2D eigenvalue weighted by Gasteiger charge is 2.31. The van der Waals surface area contributed by atoms with Crippen LogP contribution in [-0.2, 0) is 4.74 Å². The van der Waals surface area contributed by atoms with Crippen LogP contribution in [0.25, 0.3) is 0 Å². The van der Waals surface area contributed by atoms with Crippen molar-refractivity contribution in [1.82, 2.24) is 0 Å². The van der Waals surface area contributed by atoms with E-state index in [1.165, 1.54) is 12.8 Å². The van der Waals surface area contributed by atoms with Crippen molar-refractivity contribution in [3.8, 4) is 5.92 Å². The first kappa shape index (κ1) is 14.1. The van der Waals surface area contributed by atoms with E-state index >= 15 is 0 Å². The molecule has 0 unspecified atom stereocenters. The lowest BCUT2D eigenvalue weighted by Crippen LogP contribution is -2.37. The Morgan fingerprint density at radius 1 is 1.35 bits per heavy atom. The number of hydrogen-bond acceptors (Lipinski definition) is 1. The van der Waals surface area contributed by atoms with Crippen molar-refractivity contribution >= 4 is 5.90 Å². The van der Waals surface area contributed by atoms with E-state index in [1.807, 2.05) is 18.7 Å². The predicted octanol–water partition coefficient (Wildman–Crippen LogP) is 2.72. The highest BCUT2D eigenvalue weighted by atomic mass is 16.5. The van der Waals surface area contributed by atoms with Gasteiger partial charge in [-0.25, -0.2) is 0 Å². The second kappa shape index (κ2) is 6.10. The molecule has 0 aromatic rings. The SMILES string of the molecule is [C-]#CC(O[C@@H]1C[C@H](C)CC[C@H]1C(C)C)=[N+](C)C. The van der Waals surface area contributed by atoms with Crippen LogP contribution in [0.5, 0.6) is 0 Å². The molecule has 0 bridgehead atoms. The molecule has 0 N–H and O–H groups in total. The van der Waals surface area contributed by atoms with Crippen molar-refractivity contribution in [2.75, 3.05) is 14.1 Å². The zero-order valence-electron chi connectivity index (χ0n) is 11.8. The molecule has 0 radical (unpaired) electrons. The Labute approximate surface area is 106 Å². The molecule has 0 amide bonds. The molecule has 0 aliphatic heterocycles. The van der Waals surface area contributed by atoms with Gasteiger partial charge in [0, 0.05) is 0 Å². The van der Waals surface area contributed by atoms with Gasteiger partial charge in [0.1, 0.15) is 14.1 Å². The third-order valence-electron chi connectivity index (χ3n) is 3.74. The lowest BCUT2D eigenvalue weighted by molar-refractivity contribution is -0.474. The number of rotatable bonds is 2. The highest BCUT2D eigenvalue weighted by Crippen LogP contribution is 2.35. The average Bonchev–Trinajstić information content (AvgIpc) is 2.25. The van der Waals surface area contributed by atoms with Crippen LogP contribution >= 0.6 is 0 Å². The van der Waals surface area contributed by atoms with E-state index in [1.54, 1.807) is 0 Å². The highest BCUT2D eigenvalue weighted by molar-refractivity contribution is 5.88. The summed E-state index contributed by atoms with van der Waals surface area (Å²) in [6.07, 6.45) is 11.2. The van der Waals surface area contributed by atoms with E-state index < -0.39 is 0 Å². The van der Waals surface area contributed by atoms with Crippen molar-refractivity contribution in [3.63, 3.8) is 0 Å². The molecular weight excluding hydrogens is 210 g/mol. The maximum absolute atomic E-state index is 7.28. The van der Waals surface area contributed by atoms with Crippen molar-refractivity contribution in [3.05, 3.63) is 6.42 Å². The molecule has 0 spiro atoms. The van der Waals surface area contributed by atoms with E-state index in [2.05, 4.69) is 26.7 Å². The van der Waals surface area contributed by atoms with Gasteiger partial charge in [0.05, 0.1) is 6.10 Å². The van der Waals surface area contributed by atoms with Gasteiger partial charge in [0.15, 0.2) is 0 Å². The molecule has 0 aromatic heterocycles. The van der Waals surface area contributed by atoms with Gasteiger partial charge < -0.3 is 11.2 Å². The molecule has 0 aromatic carbocycles. The Hall–Kier alpha value is -0.970. The zero-order chi connectivity index (χ0) is 13.0. The van der Waals surface area contributed by atoms with Crippen molar-refractivity contribution < 1.29 is 9.31 Å². The first-order chi connectivity index (χ1) is 7.95. The van der Waals surface area contributed by atoms with Crippen LogP contribution in [0.1, 0.15) is 40.0 Å². The van der Waals surface area contributed by atoms with Crippen LogP contribution in [0.3, 0.4) is 0 Å².